The highest BCUT2D eigenvalue weighted by atomic mass is 32.2. The van der Waals surface area contributed by atoms with Crippen molar-refractivity contribution in [2.75, 3.05) is 5.32 Å². The molecule has 0 bridgehead atoms. The van der Waals surface area contributed by atoms with E-state index in [0.29, 0.717) is 23.9 Å². The number of nitrogens with zero attached hydrogens (tertiary/aromatic N) is 3. The molecule has 0 unspecified atom stereocenters. The first-order chi connectivity index (χ1) is 16.4. The zero-order valence-corrected chi connectivity index (χ0v) is 19.9. The molecule has 3 heterocycles. The van der Waals surface area contributed by atoms with Crippen LogP contribution in [0.15, 0.2) is 83.2 Å². The normalized spacial score (nSPS) is 11.6. The van der Waals surface area contributed by atoms with Crippen LogP contribution in [-0.4, -0.2) is 23.4 Å². The van der Waals surface area contributed by atoms with Crippen molar-refractivity contribution in [3.63, 3.8) is 0 Å². The maximum atomic E-state index is 11.7. The maximum Gasteiger partial charge on any atom is 0.238 e. The van der Waals surface area contributed by atoms with Crippen molar-refractivity contribution in [1.29, 1.82) is 0 Å². The van der Waals surface area contributed by atoms with Crippen LogP contribution in [0.5, 0.6) is 0 Å². The van der Waals surface area contributed by atoms with Gasteiger partial charge in [0.05, 0.1) is 10.3 Å². The predicted octanol–water partition coefficient (Wildman–Crippen LogP) is 4.99. The SMILES string of the molecule is Cc1cc(S(N)(=O)=O)ccc1CNc1nc(-c2ccccn2)nc2scc(-c3ccccc3)c12. The van der Waals surface area contributed by atoms with Gasteiger partial charge in [-0.25, -0.2) is 23.5 Å². The second-order valence-corrected chi connectivity index (χ2v) is 10.2. The quantitative estimate of drug-likeness (QED) is 0.349. The number of hydrogen-bond donors (Lipinski definition) is 2. The standard InChI is InChI=1S/C25H21N5O2S2/c1-16-13-19(34(26,31)32)11-10-18(16)14-28-24-22-20(17-7-3-2-4-8-17)15-33-25(22)30-23(29-24)21-9-5-6-12-27-21/h2-13,15H,14H2,1H3,(H2,26,31,32)(H,28,29,30). The van der Waals surface area contributed by atoms with Gasteiger partial charge in [-0.15, -0.1) is 11.3 Å². The van der Waals surface area contributed by atoms with Crippen molar-refractivity contribution in [2.45, 2.75) is 18.4 Å². The third-order valence-electron chi connectivity index (χ3n) is 5.50. The Labute approximate surface area is 201 Å². The Morgan fingerprint density at radius 1 is 1.00 bits per heavy atom. The minimum absolute atomic E-state index is 0.0970. The van der Waals surface area contributed by atoms with Crippen LogP contribution in [0.1, 0.15) is 11.1 Å². The van der Waals surface area contributed by atoms with Gasteiger partial charge < -0.3 is 5.32 Å². The third-order valence-corrected chi connectivity index (χ3v) is 7.28. The molecular weight excluding hydrogens is 466 g/mol. The summed E-state index contributed by atoms with van der Waals surface area (Å²) in [5, 5.41) is 11.8. The maximum absolute atomic E-state index is 11.7. The molecule has 5 rings (SSSR count). The van der Waals surface area contributed by atoms with E-state index < -0.39 is 10.0 Å². The van der Waals surface area contributed by atoms with Crippen LogP contribution in [0, 0.1) is 6.92 Å². The Bertz CT molecular complexity index is 1580. The third kappa shape index (κ3) is 4.41. The van der Waals surface area contributed by atoms with Crippen molar-refractivity contribution in [3.05, 3.63) is 89.4 Å². The summed E-state index contributed by atoms with van der Waals surface area (Å²) in [6.07, 6.45) is 1.72. The monoisotopic (exact) mass is 487 g/mol. The zero-order valence-electron chi connectivity index (χ0n) is 18.3. The summed E-state index contributed by atoms with van der Waals surface area (Å²) in [5.41, 5.74) is 4.59. The molecule has 0 atom stereocenters. The molecular formula is C25H21N5O2S2. The molecule has 0 fully saturated rings. The number of anilines is 1. The van der Waals surface area contributed by atoms with Gasteiger partial charge in [-0.2, -0.15) is 0 Å². The Morgan fingerprint density at radius 2 is 1.79 bits per heavy atom. The summed E-state index contributed by atoms with van der Waals surface area (Å²) in [6, 6.07) is 20.6. The molecule has 0 spiro atoms. The van der Waals surface area contributed by atoms with E-state index in [2.05, 4.69) is 27.8 Å². The Kier molecular flexibility index (Phi) is 5.82. The second kappa shape index (κ2) is 8.94. The second-order valence-electron chi connectivity index (χ2n) is 7.79. The highest BCUT2D eigenvalue weighted by Crippen LogP contribution is 2.38. The number of aryl methyl sites for hydroxylation is 1. The summed E-state index contributed by atoms with van der Waals surface area (Å²) in [6.45, 7) is 2.31. The van der Waals surface area contributed by atoms with Crippen molar-refractivity contribution >= 4 is 37.4 Å². The van der Waals surface area contributed by atoms with E-state index in [1.807, 2.05) is 43.3 Å². The average Bonchev–Trinajstić information content (AvgIpc) is 3.28. The fourth-order valence-corrected chi connectivity index (χ4v) is 5.28. The van der Waals surface area contributed by atoms with Crippen molar-refractivity contribution in [3.8, 4) is 22.6 Å². The number of aromatic nitrogens is 3. The van der Waals surface area contributed by atoms with Crippen LogP contribution in [0.4, 0.5) is 5.82 Å². The average molecular weight is 488 g/mol. The fraction of sp³-hybridized carbons (Fsp3) is 0.0800. The summed E-state index contributed by atoms with van der Waals surface area (Å²) >= 11 is 1.56. The Morgan fingerprint density at radius 3 is 2.50 bits per heavy atom. The molecule has 34 heavy (non-hydrogen) atoms. The van der Waals surface area contributed by atoms with Crippen LogP contribution >= 0.6 is 11.3 Å². The molecule has 3 N–H and O–H groups in total. The molecule has 7 nitrogen and oxygen atoms in total. The molecule has 3 aromatic heterocycles. The summed E-state index contributed by atoms with van der Waals surface area (Å²) in [7, 11) is -3.75. The lowest BCUT2D eigenvalue weighted by Crippen LogP contribution is -2.13. The predicted molar refractivity (Wildman–Crippen MR) is 136 cm³/mol. The molecule has 0 saturated carbocycles. The topological polar surface area (TPSA) is 111 Å². The van der Waals surface area contributed by atoms with E-state index in [9.17, 15) is 8.42 Å². The number of benzene rings is 2. The number of hydrogen-bond acceptors (Lipinski definition) is 7. The van der Waals surface area contributed by atoms with Gasteiger partial charge >= 0.3 is 0 Å². The number of pyridine rings is 1. The first-order valence-electron chi connectivity index (χ1n) is 10.5. The van der Waals surface area contributed by atoms with Gasteiger partial charge in [-0.1, -0.05) is 42.5 Å². The summed E-state index contributed by atoms with van der Waals surface area (Å²) < 4.78 is 23.4. The molecule has 0 aliphatic heterocycles. The van der Waals surface area contributed by atoms with Crippen LogP contribution in [-0.2, 0) is 16.6 Å². The minimum atomic E-state index is -3.75. The highest BCUT2D eigenvalue weighted by Gasteiger charge is 2.17. The lowest BCUT2D eigenvalue weighted by Gasteiger charge is -2.13. The van der Waals surface area contributed by atoms with Gasteiger partial charge in [0.2, 0.25) is 10.0 Å². The molecule has 5 aromatic rings. The first-order valence-corrected chi connectivity index (χ1v) is 12.9. The van der Waals surface area contributed by atoms with Gasteiger partial charge in [-0.05, 0) is 47.9 Å². The van der Waals surface area contributed by atoms with E-state index in [1.54, 1.807) is 29.7 Å². The van der Waals surface area contributed by atoms with Crippen LogP contribution in [0.3, 0.4) is 0 Å². The van der Waals surface area contributed by atoms with Crippen LogP contribution in [0.2, 0.25) is 0 Å². The highest BCUT2D eigenvalue weighted by molar-refractivity contribution is 7.89. The van der Waals surface area contributed by atoms with E-state index in [0.717, 1.165) is 32.5 Å². The molecule has 170 valence electrons. The van der Waals surface area contributed by atoms with E-state index in [-0.39, 0.29) is 4.90 Å². The lowest BCUT2D eigenvalue weighted by molar-refractivity contribution is 0.597. The van der Waals surface area contributed by atoms with Gasteiger partial charge in [0, 0.05) is 23.7 Å². The Balaban J connectivity index is 1.59. The largest absolute Gasteiger partial charge is 0.365 e. The van der Waals surface area contributed by atoms with E-state index in [4.69, 9.17) is 15.1 Å². The molecule has 0 radical (unpaired) electrons. The smallest absolute Gasteiger partial charge is 0.238 e. The number of rotatable bonds is 6. The summed E-state index contributed by atoms with van der Waals surface area (Å²) in [4.78, 5) is 15.0. The van der Waals surface area contributed by atoms with Gasteiger partial charge in [0.25, 0.3) is 0 Å². The molecule has 0 aliphatic carbocycles. The number of nitrogens with one attached hydrogen (secondary N) is 1. The number of primary sulfonamides is 1. The van der Waals surface area contributed by atoms with Crippen LogP contribution in [0.25, 0.3) is 32.9 Å². The number of fused-ring (bicyclic) bond motifs is 1. The molecule has 0 aliphatic rings. The van der Waals surface area contributed by atoms with Crippen molar-refractivity contribution in [1.82, 2.24) is 15.0 Å². The van der Waals surface area contributed by atoms with Crippen molar-refractivity contribution in [2.24, 2.45) is 5.14 Å². The fourth-order valence-electron chi connectivity index (χ4n) is 3.73. The molecule has 0 saturated heterocycles. The molecule has 0 amide bonds. The Hall–Kier alpha value is -3.66. The van der Waals surface area contributed by atoms with Gasteiger partial charge in [0.15, 0.2) is 5.82 Å². The zero-order chi connectivity index (χ0) is 23.7. The van der Waals surface area contributed by atoms with Crippen molar-refractivity contribution < 1.29 is 8.42 Å². The minimum Gasteiger partial charge on any atom is -0.365 e. The molecule has 9 heteroatoms. The summed E-state index contributed by atoms with van der Waals surface area (Å²) in [5.74, 6) is 1.24. The van der Waals surface area contributed by atoms with E-state index >= 15 is 0 Å². The number of nitrogens with two attached hydrogens (primary N) is 1. The number of sulfonamides is 1. The first kappa shape index (κ1) is 22.1. The lowest BCUT2D eigenvalue weighted by atomic mass is 10.1. The van der Waals surface area contributed by atoms with Gasteiger partial charge in [0.1, 0.15) is 16.3 Å². The number of thiophene rings is 1. The van der Waals surface area contributed by atoms with Crippen LogP contribution < -0.4 is 10.5 Å². The van der Waals surface area contributed by atoms with E-state index in [1.165, 1.54) is 6.07 Å². The van der Waals surface area contributed by atoms with Gasteiger partial charge in [-0.3, -0.25) is 4.98 Å². The molecule has 2 aromatic carbocycles.